The van der Waals surface area contributed by atoms with Crippen LogP contribution in [0.4, 0.5) is 0 Å². The minimum absolute atomic E-state index is 0.244. The van der Waals surface area contributed by atoms with Gasteiger partial charge in [-0.05, 0) is 31.8 Å². The van der Waals surface area contributed by atoms with Gasteiger partial charge in [-0.2, -0.15) is 0 Å². The van der Waals surface area contributed by atoms with Crippen molar-refractivity contribution in [3.05, 3.63) is 28.4 Å². The van der Waals surface area contributed by atoms with Crippen LogP contribution >= 0.6 is 0 Å². The number of carbonyl (C=O) groups excluding carboxylic acids is 1. The van der Waals surface area contributed by atoms with Crippen LogP contribution in [0.2, 0.25) is 0 Å². The first-order chi connectivity index (χ1) is 8.25. The summed E-state index contributed by atoms with van der Waals surface area (Å²) < 4.78 is 0. The maximum absolute atomic E-state index is 11.7. The molecule has 0 radical (unpaired) electrons. The molecule has 0 spiro atoms. The molecule has 17 heavy (non-hydrogen) atoms. The lowest BCUT2D eigenvalue weighted by atomic mass is 10.00. The van der Waals surface area contributed by atoms with E-state index in [0.717, 1.165) is 32.1 Å². The summed E-state index contributed by atoms with van der Waals surface area (Å²) in [5, 5.41) is 6.12. The Hall–Kier alpha value is -1.69. The zero-order chi connectivity index (χ0) is 12.1. The number of H-pyrrole nitrogens is 1. The van der Waals surface area contributed by atoms with E-state index in [0.29, 0.717) is 12.5 Å². The molecule has 3 N–H and O–H groups in total. The fraction of sp³-hybridized carbons (Fsp3) is 0.545. The van der Waals surface area contributed by atoms with Gasteiger partial charge in [-0.3, -0.25) is 9.59 Å². The highest BCUT2D eigenvalue weighted by molar-refractivity contribution is 5.91. The van der Waals surface area contributed by atoms with Crippen molar-refractivity contribution in [1.29, 1.82) is 0 Å². The van der Waals surface area contributed by atoms with Gasteiger partial charge >= 0.3 is 0 Å². The van der Waals surface area contributed by atoms with E-state index in [9.17, 15) is 9.59 Å². The van der Waals surface area contributed by atoms with Gasteiger partial charge in [-0.1, -0.05) is 0 Å². The van der Waals surface area contributed by atoms with Crippen molar-refractivity contribution in [2.45, 2.75) is 12.8 Å². The van der Waals surface area contributed by atoms with E-state index in [4.69, 9.17) is 0 Å². The maximum atomic E-state index is 11.7. The molecule has 1 unspecified atom stereocenters. The number of aromatic nitrogens is 2. The van der Waals surface area contributed by atoms with Crippen molar-refractivity contribution < 1.29 is 4.79 Å². The summed E-state index contributed by atoms with van der Waals surface area (Å²) in [7, 11) is 0. The van der Waals surface area contributed by atoms with Gasteiger partial charge in [0, 0.05) is 12.7 Å². The fourth-order valence-corrected chi connectivity index (χ4v) is 1.89. The lowest BCUT2D eigenvalue weighted by Crippen LogP contribution is -2.38. The maximum Gasteiger partial charge on any atom is 0.271 e. The highest BCUT2D eigenvalue weighted by Gasteiger charge is 2.14. The van der Waals surface area contributed by atoms with Gasteiger partial charge in [0.2, 0.25) is 0 Å². The Morgan fingerprint density at radius 2 is 2.47 bits per heavy atom. The standard InChI is InChI=1S/C11H16N4O2/c16-10-7-13-9(6-14-10)11(17)15-5-8-2-1-3-12-4-8/h6-8,12H,1-5H2,(H,14,16)(H,15,17). The van der Waals surface area contributed by atoms with E-state index in [1.165, 1.54) is 6.20 Å². The average Bonchev–Trinajstić information content (AvgIpc) is 2.38. The summed E-state index contributed by atoms with van der Waals surface area (Å²) in [6, 6.07) is 0. The molecule has 1 aliphatic heterocycles. The third-order valence-corrected chi connectivity index (χ3v) is 2.85. The second-order valence-electron chi connectivity index (χ2n) is 4.22. The van der Waals surface area contributed by atoms with E-state index in [2.05, 4.69) is 20.6 Å². The first-order valence-corrected chi connectivity index (χ1v) is 5.79. The molecule has 6 nitrogen and oxygen atoms in total. The van der Waals surface area contributed by atoms with Crippen molar-refractivity contribution in [2.75, 3.05) is 19.6 Å². The minimum Gasteiger partial charge on any atom is -0.350 e. The Morgan fingerprint density at radius 3 is 3.12 bits per heavy atom. The predicted octanol–water partition coefficient (Wildman–Crippen LogP) is -0.501. The number of nitrogens with zero attached hydrogens (tertiary/aromatic N) is 1. The van der Waals surface area contributed by atoms with Crippen molar-refractivity contribution >= 4 is 5.91 Å². The highest BCUT2D eigenvalue weighted by atomic mass is 16.2. The number of nitrogens with one attached hydrogen (secondary N) is 3. The smallest absolute Gasteiger partial charge is 0.271 e. The first-order valence-electron chi connectivity index (χ1n) is 5.79. The van der Waals surface area contributed by atoms with E-state index < -0.39 is 0 Å². The number of hydrogen-bond acceptors (Lipinski definition) is 4. The third kappa shape index (κ3) is 3.39. The monoisotopic (exact) mass is 236 g/mol. The predicted molar refractivity (Wildman–Crippen MR) is 62.8 cm³/mol. The summed E-state index contributed by atoms with van der Waals surface area (Å²) in [5.74, 6) is 0.238. The average molecular weight is 236 g/mol. The van der Waals surface area contributed by atoms with Gasteiger partial charge in [0.05, 0.1) is 6.20 Å². The Morgan fingerprint density at radius 1 is 1.59 bits per heavy atom. The van der Waals surface area contributed by atoms with Crippen LogP contribution in [-0.2, 0) is 0 Å². The van der Waals surface area contributed by atoms with Gasteiger partial charge in [0.1, 0.15) is 5.69 Å². The number of rotatable bonds is 3. The molecular formula is C11H16N4O2. The van der Waals surface area contributed by atoms with Gasteiger partial charge in [-0.25, -0.2) is 4.98 Å². The molecule has 1 fully saturated rings. The number of carbonyl (C=O) groups is 1. The van der Waals surface area contributed by atoms with Crippen LogP contribution in [0.3, 0.4) is 0 Å². The molecule has 0 bridgehead atoms. The summed E-state index contributed by atoms with van der Waals surface area (Å²) in [5.41, 5.74) is -0.0635. The van der Waals surface area contributed by atoms with Gasteiger partial charge in [0.25, 0.3) is 11.5 Å². The third-order valence-electron chi connectivity index (χ3n) is 2.85. The van der Waals surface area contributed by atoms with Crippen LogP contribution in [0.25, 0.3) is 0 Å². The zero-order valence-electron chi connectivity index (χ0n) is 9.53. The van der Waals surface area contributed by atoms with E-state index >= 15 is 0 Å². The molecule has 0 saturated carbocycles. The largest absolute Gasteiger partial charge is 0.350 e. The van der Waals surface area contributed by atoms with Crippen LogP contribution in [-0.4, -0.2) is 35.5 Å². The number of hydrogen-bond donors (Lipinski definition) is 3. The second kappa shape index (κ2) is 5.58. The van der Waals surface area contributed by atoms with Crippen LogP contribution in [0.1, 0.15) is 23.3 Å². The molecule has 1 saturated heterocycles. The number of amides is 1. The second-order valence-corrected chi connectivity index (χ2v) is 4.22. The normalized spacial score (nSPS) is 19.9. The SMILES string of the molecule is O=C(NCC1CCCNC1)c1c[nH]c(=O)cn1. The van der Waals surface area contributed by atoms with Gasteiger partial charge in [-0.15, -0.1) is 0 Å². The molecule has 2 rings (SSSR count). The van der Waals surface area contributed by atoms with Gasteiger partial charge < -0.3 is 15.6 Å². The molecule has 1 aliphatic rings. The van der Waals surface area contributed by atoms with Crippen molar-refractivity contribution in [3.63, 3.8) is 0 Å². The van der Waals surface area contributed by atoms with Crippen molar-refractivity contribution in [1.82, 2.24) is 20.6 Å². The van der Waals surface area contributed by atoms with Gasteiger partial charge in [0.15, 0.2) is 0 Å². The first kappa shape index (κ1) is 11.8. The molecule has 1 aromatic heterocycles. The van der Waals surface area contributed by atoms with E-state index in [1.54, 1.807) is 0 Å². The molecule has 6 heteroatoms. The Kier molecular flexibility index (Phi) is 3.87. The van der Waals surface area contributed by atoms with E-state index in [1.807, 2.05) is 0 Å². The summed E-state index contributed by atoms with van der Waals surface area (Å²) in [6.07, 6.45) is 4.72. The van der Waals surface area contributed by atoms with Crippen LogP contribution < -0.4 is 16.2 Å². The molecule has 0 aromatic carbocycles. The Balaban J connectivity index is 1.84. The quantitative estimate of drug-likeness (QED) is 0.660. The number of aromatic amines is 1. The van der Waals surface area contributed by atoms with Crippen LogP contribution in [0.15, 0.2) is 17.2 Å². The van der Waals surface area contributed by atoms with E-state index in [-0.39, 0.29) is 17.2 Å². The van der Waals surface area contributed by atoms with Crippen molar-refractivity contribution in [2.24, 2.45) is 5.92 Å². The fourth-order valence-electron chi connectivity index (χ4n) is 1.89. The molecule has 1 atom stereocenters. The van der Waals surface area contributed by atoms with Crippen LogP contribution in [0, 0.1) is 5.92 Å². The Bertz CT molecular complexity index is 417. The molecule has 1 aromatic rings. The van der Waals surface area contributed by atoms with Crippen molar-refractivity contribution in [3.8, 4) is 0 Å². The molecule has 92 valence electrons. The molecular weight excluding hydrogens is 220 g/mol. The lowest BCUT2D eigenvalue weighted by molar-refractivity contribution is 0.0939. The van der Waals surface area contributed by atoms with Crippen LogP contribution in [0.5, 0.6) is 0 Å². The topological polar surface area (TPSA) is 86.9 Å². The summed E-state index contributed by atoms with van der Waals surface area (Å²) in [6.45, 7) is 2.65. The molecule has 0 aliphatic carbocycles. The summed E-state index contributed by atoms with van der Waals surface area (Å²) >= 11 is 0. The summed E-state index contributed by atoms with van der Waals surface area (Å²) in [4.78, 5) is 28.7. The minimum atomic E-state index is -0.307. The lowest BCUT2D eigenvalue weighted by Gasteiger charge is -2.22. The Labute approximate surface area is 98.8 Å². The highest BCUT2D eigenvalue weighted by Crippen LogP contribution is 2.08. The molecule has 2 heterocycles. The molecule has 1 amide bonds. The zero-order valence-corrected chi connectivity index (χ0v) is 9.53. The number of piperidine rings is 1.